The molecule has 0 N–H and O–H groups in total. The molecule has 1 aromatic heterocycles. The predicted octanol–water partition coefficient (Wildman–Crippen LogP) is 5.24. The summed E-state index contributed by atoms with van der Waals surface area (Å²) in [6.07, 6.45) is 5.43. The smallest absolute Gasteiger partial charge is 0.203 e. The van der Waals surface area contributed by atoms with Crippen molar-refractivity contribution in [2.24, 2.45) is 5.41 Å². The van der Waals surface area contributed by atoms with Gasteiger partial charge in [0.2, 0.25) is 5.78 Å². The van der Waals surface area contributed by atoms with E-state index in [1.807, 2.05) is 18.2 Å². The number of Topliss-reactive ketones (excluding diaryl/α,β-unsaturated/α-hetero) is 1. The molecule has 0 atom stereocenters. The molecule has 0 amide bonds. The number of benzene rings is 1. The van der Waals surface area contributed by atoms with Gasteiger partial charge in [-0.15, -0.1) is 0 Å². The first-order valence-electron chi connectivity index (χ1n) is 6.82. The molecule has 1 saturated carbocycles. The van der Waals surface area contributed by atoms with E-state index in [9.17, 15) is 4.79 Å². The number of halogens is 1. The maximum Gasteiger partial charge on any atom is 0.203 e. The average molecular weight is 277 g/mol. The van der Waals surface area contributed by atoms with Gasteiger partial charge in [-0.05, 0) is 37.1 Å². The summed E-state index contributed by atoms with van der Waals surface area (Å²) >= 11 is 5.96. The summed E-state index contributed by atoms with van der Waals surface area (Å²) in [7, 11) is 0. The predicted molar refractivity (Wildman–Crippen MR) is 76.7 cm³/mol. The van der Waals surface area contributed by atoms with Crippen molar-refractivity contribution in [3.05, 3.63) is 35.0 Å². The van der Waals surface area contributed by atoms with E-state index in [2.05, 4.69) is 6.92 Å². The van der Waals surface area contributed by atoms with Gasteiger partial charge >= 0.3 is 0 Å². The van der Waals surface area contributed by atoms with E-state index in [4.69, 9.17) is 16.0 Å². The number of hydrogen-bond donors (Lipinski definition) is 0. The lowest BCUT2D eigenvalue weighted by Crippen LogP contribution is -2.29. The molecule has 100 valence electrons. The Morgan fingerprint density at radius 2 is 1.95 bits per heavy atom. The van der Waals surface area contributed by atoms with Crippen molar-refractivity contribution in [3.63, 3.8) is 0 Å². The molecule has 0 saturated heterocycles. The zero-order chi connectivity index (χ0) is 13.5. The average Bonchev–Trinajstić information content (AvgIpc) is 2.81. The van der Waals surface area contributed by atoms with Crippen LogP contribution in [0.3, 0.4) is 0 Å². The van der Waals surface area contributed by atoms with E-state index < -0.39 is 0 Å². The second kappa shape index (κ2) is 4.68. The molecule has 0 aliphatic heterocycles. The van der Waals surface area contributed by atoms with Crippen LogP contribution >= 0.6 is 11.6 Å². The van der Waals surface area contributed by atoms with Gasteiger partial charge in [-0.1, -0.05) is 37.8 Å². The summed E-state index contributed by atoms with van der Waals surface area (Å²) in [6, 6.07) is 7.26. The summed E-state index contributed by atoms with van der Waals surface area (Å²) in [5.41, 5.74) is 0.475. The molecule has 3 rings (SSSR count). The molecule has 2 aromatic rings. The van der Waals surface area contributed by atoms with Crippen LogP contribution in [0, 0.1) is 5.41 Å². The van der Waals surface area contributed by atoms with Crippen LogP contribution in [0.25, 0.3) is 11.0 Å². The van der Waals surface area contributed by atoms with E-state index in [1.165, 1.54) is 6.42 Å². The number of ketones is 1. The molecule has 0 unspecified atom stereocenters. The van der Waals surface area contributed by atoms with Crippen molar-refractivity contribution in [2.45, 2.75) is 39.0 Å². The number of furan rings is 1. The van der Waals surface area contributed by atoms with E-state index >= 15 is 0 Å². The van der Waals surface area contributed by atoms with Gasteiger partial charge in [-0.3, -0.25) is 4.79 Å². The topological polar surface area (TPSA) is 30.2 Å². The molecule has 1 fully saturated rings. The monoisotopic (exact) mass is 276 g/mol. The number of rotatable bonds is 2. The minimum atomic E-state index is -0.254. The van der Waals surface area contributed by atoms with Crippen molar-refractivity contribution >= 4 is 28.4 Å². The maximum atomic E-state index is 12.6. The first-order chi connectivity index (χ1) is 9.08. The Labute approximate surface area is 117 Å². The van der Waals surface area contributed by atoms with Gasteiger partial charge in [-0.2, -0.15) is 0 Å². The number of carbonyl (C=O) groups excluding carboxylic acids is 1. The highest BCUT2D eigenvalue weighted by atomic mass is 35.5. The maximum absolute atomic E-state index is 12.6. The fourth-order valence-electron chi connectivity index (χ4n) is 2.98. The first-order valence-corrected chi connectivity index (χ1v) is 7.20. The highest BCUT2D eigenvalue weighted by molar-refractivity contribution is 6.31. The van der Waals surface area contributed by atoms with Crippen LogP contribution in [-0.2, 0) is 0 Å². The van der Waals surface area contributed by atoms with Gasteiger partial charge in [0, 0.05) is 15.8 Å². The van der Waals surface area contributed by atoms with Gasteiger partial charge in [0.1, 0.15) is 5.58 Å². The number of fused-ring (bicyclic) bond motifs is 1. The van der Waals surface area contributed by atoms with Gasteiger partial charge in [0.25, 0.3) is 0 Å². The quantitative estimate of drug-likeness (QED) is 0.702. The molecule has 1 aromatic carbocycles. The second-order valence-corrected chi connectivity index (χ2v) is 6.18. The third kappa shape index (κ3) is 2.30. The van der Waals surface area contributed by atoms with Gasteiger partial charge < -0.3 is 4.42 Å². The van der Waals surface area contributed by atoms with Crippen molar-refractivity contribution in [1.82, 2.24) is 0 Å². The normalized spacial score (nSPS) is 18.6. The number of hydrogen-bond acceptors (Lipinski definition) is 2. The lowest BCUT2D eigenvalue weighted by molar-refractivity contribution is 0.0721. The number of carbonyl (C=O) groups is 1. The minimum absolute atomic E-state index is 0.138. The summed E-state index contributed by atoms with van der Waals surface area (Å²) in [4.78, 5) is 12.6. The Morgan fingerprint density at radius 1 is 1.21 bits per heavy atom. The van der Waals surface area contributed by atoms with Crippen LogP contribution in [0.5, 0.6) is 0 Å². The molecule has 1 heterocycles. The van der Waals surface area contributed by atoms with E-state index in [0.29, 0.717) is 10.8 Å². The highest BCUT2D eigenvalue weighted by Crippen LogP contribution is 2.39. The van der Waals surface area contributed by atoms with E-state index in [-0.39, 0.29) is 11.2 Å². The minimum Gasteiger partial charge on any atom is -0.453 e. The molecular weight excluding hydrogens is 260 g/mol. The van der Waals surface area contributed by atoms with Crippen LogP contribution in [0.1, 0.15) is 49.6 Å². The molecular formula is C16H17ClO2. The van der Waals surface area contributed by atoms with Crippen LogP contribution in [0.15, 0.2) is 28.7 Å². The zero-order valence-electron chi connectivity index (χ0n) is 11.0. The molecule has 0 bridgehead atoms. The SMILES string of the molecule is CC1(C(=O)c2cc3cc(Cl)ccc3o2)CCCCC1. The Balaban J connectivity index is 1.97. The Kier molecular flexibility index (Phi) is 3.14. The second-order valence-electron chi connectivity index (χ2n) is 5.74. The molecule has 19 heavy (non-hydrogen) atoms. The van der Waals surface area contributed by atoms with Crippen LogP contribution in [-0.4, -0.2) is 5.78 Å². The van der Waals surface area contributed by atoms with Crippen LogP contribution in [0.2, 0.25) is 5.02 Å². The molecule has 0 radical (unpaired) electrons. The fraction of sp³-hybridized carbons (Fsp3) is 0.438. The lowest BCUT2D eigenvalue weighted by Gasteiger charge is -2.30. The standard InChI is InChI=1S/C16H17ClO2/c1-16(7-3-2-4-8-16)15(18)14-10-11-9-12(17)5-6-13(11)19-14/h5-6,9-10H,2-4,7-8H2,1H3. The fourth-order valence-corrected chi connectivity index (χ4v) is 3.16. The molecule has 1 aliphatic carbocycles. The van der Waals surface area contributed by atoms with Gasteiger partial charge in [-0.25, -0.2) is 0 Å². The molecule has 1 aliphatic rings. The molecule has 3 heteroatoms. The van der Waals surface area contributed by atoms with Crippen LogP contribution in [0.4, 0.5) is 0 Å². The van der Waals surface area contributed by atoms with Crippen molar-refractivity contribution in [2.75, 3.05) is 0 Å². The van der Waals surface area contributed by atoms with Crippen molar-refractivity contribution in [1.29, 1.82) is 0 Å². The lowest BCUT2D eigenvalue weighted by atomic mass is 9.72. The van der Waals surface area contributed by atoms with Crippen molar-refractivity contribution in [3.8, 4) is 0 Å². The van der Waals surface area contributed by atoms with Gasteiger partial charge in [0.05, 0.1) is 0 Å². The summed E-state index contributed by atoms with van der Waals surface area (Å²) in [6.45, 7) is 2.06. The highest BCUT2D eigenvalue weighted by Gasteiger charge is 2.36. The van der Waals surface area contributed by atoms with E-state index in [0.717, 1.165) is 36.7 Å². The molecule has 0 spiro atoms. The Bertz CT molecular complexity index is 621. The first kappa shape index (κ1) is 12.7. The third-order valence-electron chi connectivity index (χ3n) is 4.21. The van der Waals surface area contributed by atoms with Crippen LogP contribution < -0.4 is 0 Å². The largest absolute Gasteiger partial charge is 0.453 e. The van der Waals surface area contributed by atoms with Gasteiger partial charge in [0.15, 0.2) is 5.76 Å². The molecule has 2 nitrogen and oxygen atoms in total. The Morgan fingerprint density at radius 3 is 2.68 bits per heavy atom. The summed E-state index contributed by atoms with van der Waals surface area (Å²) < 4.78 is 5.70. The van der Waals surface area contributed by atoms with Crippen molar-refractivity contribution < 1.29 is 9.21 Å². The zero-order valence-corrected chi connectivity index (χ0v) is 11.8. The van der Waals surface area contributed by atoms with E-state index in [1.54, 1.807) is 6.07 Å². The summed E-state index contributed by atoms with van der Waals surface area (Å²) in [5, 5.41) is 1.56. The Hall–Kier alpha value is -1.28. The summed E-state index contributed by atoms with van der Waals surface area (Å²) in [5.74, 6) is 0.612. The third-order valence-corrected chi connectivity index (χ3v) is 4.44.